The molecule has 0 radical (unpaired) electrons. The smallest absolute Gasteiger partial charge is 0.0796 e. The molecule has 2 bridgehead atoms. The average molecular weight is 401 g/mol. The first-order valence-corrected chi connectivity index (χ1v) is 8.32. The van der Waals surface area contributed by atoms with E-state index < -0.39 is 0 Å². The Labute approximate surface area is 141 Å². The van der Waals surface area contributed by atoms with Crippen molar-refractivity contribution in [3.05, 3.63) is 43.4 Å². The first-order valence-electron chi connectivity index (χ1n) is 6.02. The summed E-state index contributed by atoms with van der Waals surface area (Å²) in [6.45, 7) is 6.18. The quantitative estimate of drug-likeness (QED) is 0.206. The van der Waals surface area contributed by atoms with E-state index >= 15 is 0 Å². The summed E-state index contributed by atoms with van der Waals surface area (Å²) in [6, 6.07) is 0. The summed E-state index contributed by atoms with van der Waals surface area (Å²) in [5, 5.41) is 1.80. The minimum absolute atomic E-state index is 0.170. The Morgan fingerprint density at radius 1 is 1.00 bits per heavy atom. The molecule has 102 valence electrons. The number of allylic oxidation sites excluding steroid dienone is 1. The second-order valence-corrected chi connectivity index (χ2v) is 8.14. The average Bonchev–Trinajstić information content (AvgIpc) is 2.84. The van der Waals surface area contributed by atoms with Gasteiger partial charge in [0.05, 0.1) is 24.4 Å². The molecule has 0 nitrogen and oxygen atoms in total. The van der Waals surface area contributed by atoms with Crippen LogP contribution in [-0.2, 0) is 0 Å². The van der Waals surface area contributed by atoms with Gasteiger partial charge in [-0.25, -0.2) is 0 Å². The van der Waals surface area contributed by atoms with E-state index in [1.807, 2.05) is 6.92 Å². The minimum Gasteiger partial charge on any atom is -0.0987 e. The fraction of sp³-hybridized carbons (Fsp3) is 0.429. The zero-order valence-electron chi connectivity index (χ0n) is 10.2. The van der Waals surface area contributed by atoms with Crippen molar-refractivity contribution >= 4 is 62.3 Å². The number of benzene rings is 1. The van der Waals surface area contributed by atoms with E-state index in [4.69, 9.17) is 46.4 Å². The Hall–Kier alpha value is 0.600. The Morgan fingerprint density at radius 2 is 1.37 bits per heavy atom. The van der Waals surface area contributed by atoms with Gasteiger partial charge in [-0.2, -0.15) is 0 Å². The SMILES string of the molecule is C=C(C)C1(Br)C2CCC1c1c(Cl)c(Cl)c(Cl)c(Cl)c12. The van der Waals surface area contributed by atoms with Gasteiger partial charge >= 0.3 is 0 Å². The molecular formula is C14H11BrCl4. The number of hydrogen-bond donors (Lipinski definition) is 0. The van der Waals surface area contributed by atoms with Gasteiger partial charge in [0.25, 0.3) is 0 Å². The van der Waals surface area contributed by atoms with E-state index in [2.05, 4.69) is 22.5 Å². The molecule has 2 aliphatic rings. The first-order chi connectivity index (χ1) is 8.81. The monoisotopic (exact) mass is 398 g/mol. The van der Waals surface area contributed by atoms with Gasteiger partial charge in [0.1, 0.15) is 0 Å². The number of halogens is 5. The largest absolute Gasteiger partial charge is 0.0987 e. The van der Waals surface area contributed by atoms with Gasteiger partial charge in [-0.3, -0.25) is 0 Å². The molecule has 0 aromatic heterocycles. The van der Waals surface area contributed by atoms with Gasteiger partial charge in [0.2, 0.25) is 0 Å². The molecule has 2 unspecified atom stereocenters. The Balaban J connectivity index is 2.35. The van der Waals surface area contributed by atoms with Crippen LogP contribution in [0.1, 0.15) is 42.7 Å². The molecule has 0 N–H and O–H groups in total. The van der Waals surface area contributed by atoms with Crippen molar-refractivity contribution in [1.82, 2.24) is 0 Å². The highest BCUT2D eigenvalue weighted by atomic mass is 79.9. The van der Waals surface area contributed by atoms with Gasteiger partial charge in [-0.05, 0) is 30.9 Å². The Bertz CT molecular complexity index is 565. The fourth-order valence-electron chi connectivity index (χ4n) is 3.65. The highest BCUT2D eigenvalue weighted by Crippen LogP contribution is 2.69. The van der Waals surface area contributed by atoms with E-state index in [9.17, 15) is 0 Å². The van der Waals surface area contributed by atoms with E-state index in [-0.39, 0.29) is 16.2 Å². The van der Waals surface area contributed by atoms with Crippen molar-refractivity contribution in [3.8, 4) is 0 Å². The molecule has 1 fully saturated rings. The second-order valence-electron chi connectivity index (χ2n) is 5.31. The van der Waals surface area contributed by atoms with E-state index in [0.29, 0.717) is 20.1 Å². The highest BCUT2D eigenvalue weighted by Gasteiger charge is 2.58. The topological polar surface area (TPSA) is 0 Å². The number of alkyl halides is 1. The molecule has 1 aromatic carbocycles. The molecule has 19 heavy (non-hydrogen) atoms. The van der Waals surface area contributed by atoms with Crippen LogP contribution in [0.15, 0.2) is 12.2 Å². The van der Waals surface area contributed by atoms with E-state index in [1.54, 1.807) is 0 Å². The van der Waals surface area contributed by atoms with Crippen LogP contribution in [-0.4, -0.2) is 4.32 Å². The molecule has 0 amide bonds. The second kappa shape index (κ2) is 4.55. The molecule has 1 aromatic rings. The molecule has 5 heteroatoms. The van der Waals surface area contributed by atoms with Crippen molar-refractivity contribution in [1.29, 1.82) is 0 Å². The van der Waals surface area contributed by atoms with Crippen LogP contribution in [0.3, 0.4) is 0 Å². The van der Waals surface area contributed by atoms with Crippen LogP contribution in [0.25, 0.3) is 0 Å². The molecule has 1 saturated carbocycles. The van der Waals surface area contributed by atoms with Crippen LogP contribution in [0.5, 0.6) is 0 Å². The van der Waals surface area contributed by atoms with Crippen LogP contribution < -0.4 is 0 Å². The zero-order valence-corrected chi connectivity index (χ0v) is 14.8. The number of hydrogen-bond acceptors (Lipinski definition) is 0. The van der Waals surface area contributed by atoms with Crippen LogP contribution in [0, 0.1) is 0 Å². The lowest BCUT2D eigenvalue weighted by atomic mass is 9.89. The molecule has 3 rings (SSSR count). The molecular weight excluding hydrogens is 390 g/mol. The highest BCUT2D eigenvalue weighted by molar-refractivity contribution is 9.10. The molecule has 0 spiro atoms. The van der Waals surface area contributed by atoms with Crippen molar-refractivity contribution in [2.45, 2.75) is 35.9 Å². The van der Waals surface area contributed by atoms with Crippen molar-refractivity contribution in [2.24, 2.45) is 0 Å². The van der Waals surface area contributed by atoms with E-state index in [0.717, 1.165) is 29.5 Å². The zero-order chi connectivity index (χ0) is 14.1. The maximum Gasteiger partial charge on any atom is 0.0796 e. The lowest BCUT2D eigenvalue weighted by Crippen LogP contribution is -2.25. The molecule has 0 saturated heterocycles. The van der Waals surface area contributed by atoms with Crippen LogP contribution >= 0.6 is 62.3 Å². The summed E-state index contributed by atoms with van der Waals surface area (Å²) < 4.78 is -0.170. The standard InChI is InChI=1S/C14H11BrCl4/c1-5(2)14(15)6-3-4-7(14)9-8(6)10(16)12(18)13(19)11(9)17/h6-7H,1,3-4H2,2H3. The Kier molecular flexibility index (Phi) is 3.48. The van der Waals surface area contributed by atoms with Crippen molar-refractivity contribution < 1.29 is 0 Å². The van der Waals surface area contributed by atoms with Gasteiger partial charge in [0, 0.05) is 11.8 Å². The minimum atomic E-state index is -0.170. The predicted octanol–water partition coefficient (Wildman–Crippen LogP) is 6.98. The fourth-order valence-corrected chi connectivity index (χ4v) is 5.71. The molecule has 2 aliphatic carbocycles. The third-order valence-corrected chi connectivity index (χ3v) is 8.06. The van der Waals surface area contributed by atoms with Gasteiger partial charge in [0.15, 0.2) is 0 Å². The lowest BCUT2D eigenvalue weighted by molar-refractivity contribution is 0.630. The predicted molar refractivity (Wildman–Crippen MR) is 87.7 cm³/mol. The van der Waals surface area contributed by atoms with Crippen LogP contribution in [0.4, 0.5) is 0 Å². The normalized spacial score (nSPS) is 31.7. The summed E-state index contributed by atoms with van der Waals surface area (Å²) in [5.41, 5.74) is 3.20. The maximum atomic E-state index is 6.42. The van der Waals surface area contributed by atoms with Crippen molar-refractivity contribution in [2.75, 3.05) is 0 Å². The Morgan fingerprint density at radius 3 is 1.68 bits per heavy atom. The summed E-state index contributed by atoms with van der Waals surface area (Å²) in [6.07, 6.45) is 2.12. The number of fused-ring (bicyclic) bond motifs is 5. The van der Waals surface area contributed by atoms with Crippen LogP contribution in [0.2, 0.25) is 20.1 Å². The summed E-state index contributed by atoms with van der Waals surface area (Å²) in [5.74, 6) is 0.537. The molecule has 0 aliphatic heterocycles. The van der Waals surface area contributed by atoms with E-state index in [1.165, 1.54) is 0 Å². The summed E-state index contributed by atoms with van der Waals surface area (Å²) >= 11 is 29.1. The summed E-state index contributed by atoms with van der Waals surface area (Å²) in [7, 11) is 0. The third-order valence-electron chi connectivity index (χ3n) is 4.45. The van der Waals surface area contributed by atoms with Crippen molar-refractivity contribution in [3.63, 3.8) is 0 Å². The molecule has 0 heterocycles. The van der Waals surface area contributed by atoms with Gasteiger partial charge < -0.3 is 0 Å². The van der Waals surface area contributed by atoms with Gasteiger partial charge in [-0.1, -0.05) is 74.5 Å². The lowest BCUT2D eigenvalue weighted by Gasteiger charge is -2.28. The maximum absolute atomic E-state index is 6.42. The third kappa shape index (κ3) is 1.66. The van der Waals surface area contributed by atoms with Gasteiger partial charge in [-0.15, -0.1) is 0 Å². The summed E-state index contributed by atoms with van der Waals surface area (Å²) in [4.78, 5) is 0. The molecule has 2 atom stereocenters. The number of rotatable bonds is 1. The first kappa shape index (κ1) is 14.5.